The normalized spacial score (nSPS) is 10.0. The molecule has 0 aliphatic carbocycles. The van der Waals surface area contributed by atoms with Gasteiger partial charge in [0.1, 0.15) is 18.0 Å². The number of nitrogens with two attached hydrogens (primary N) is 1. The van der Waals surface area contributed by atoms with E-state index in [-0.39, 0.29) is 11.4 Å². The molecular formula is C13H12N2O3. The quantitative estimate of drug-likeness (QED) is 0.509. The Bertz CT molecular complexity index is 555. The highest BCUT2D eigenvalue weighted by atomic mass is 16.6. The molecule has 0 aromatic heterocycles. The lowest BCUT2D eigenvalue weighted by atomic mass is 10.2. The highest BCUT2D eigenvalue weighted by Gasteiger charge is 2.11. The van der Waals surface area contributed by atoms with Gasteiger partial charge in [0.25, 0.3) is 5.69 Å². The molecule has 5 nitrogen and oxygen atoms in total. The average molecular weight is 244 g/mol. The summed E-state index contributed by atoms with van der Waals surface area (Å²) in [5.74, 6) is 0.516. The van der Waals surface area contributed by atoms with Crippen LogP contribution in [0, 0.1) is 10.1 Å². The van der Waals surface area contributed by atoms with Crippen LogP contribution in [0.4, 0.5) is 11.4 Å². The number of nitro benzene ring substituents is 1. The molecule has 0 atom stereocenters. The van der Waals surface area contributed by atoms with Crippen LogP contribution in [0.2, 0.25) is 0 Å². The molecule has 0 aliphatic heterocycles. The summed E-state index contributed by atoms with van der Waals surface area (Å²) in [5, 5.41) is 10.6. The second-order valence-corrected chi connectivity index (χ2v) is 3.75. The van der Waals surface area contributed by atoms with Crippen LogP contribution >= 0.6 is 0 Å². The zero-order valence-corrected chi connectivity index (χ0v) is 9.58. The number of benzene rings is 2. The summed E-state index contributed by atoms with van der Waals surface area (Å²) in [4.78, 5) is 10.1. The standard InChI is InChI=1S/C13H12N2O3/c14-12-8-11(6-7-13(12)15(16)17)18-9-10-4-2-1-3-5-10/h1-8H,9,14H2. The fourth-order valence-corrected chi connectivity index (χ4v) is 1.53. The molecule has 0 aliphatic rings. The molecule has 2 aromatic carbocycles. The zero-order chi connectivity index (χ0) is 13.0. The Labute approximate surface area is 104 Å². The van der Waals surface area contributed by atoms with E-state index in [9.17, 15) is 10.1 Å². The fourth-order valence-electron chi connectivity index (χ4n) is 1.53. The minimum absolute atomic E-state index is 0.102. The molecule has 0 radical (unpaired) electrons. The molecule has 0 heterocycles. The van der Waals surface area contributed by atoms with Gasteiger partial charge in [-0.1, -0.05) is 30.3 Å². The van der Waals surface area contributed by atoms with Gasteiger partial charge in [0.2, 0.25) is 0 Å². The maximum Gasteiger partial charge on any atom is 0.292 e. The number of ether oxygens (including phenoxy) is 1. The Morgan fingerprint density at radius 2 is 1.89 bits per heavy atom. The molecule has 0 unspecified atom stereocenters. The van der Waals surface area contributed by atoms with E-state index in [1.165, 1.54) is 18.2 Å². The third kappa shape index (κ3) is 2.76. The maximum atomic E-state index is 10.6. The van der Waals surface area contributed by atoms with Gasteiger partial charge in [0.15, 0.2) is 0 Å². The van der Waals surface area contributed by atoms with Gasteiger partial charge in [-0.25, -0.2) is 0 Å². The predicted octanol–water partition coefficient (Wildman–Crippen LogP) is 2.76. The van der Waals surface area contributed by atoms with Gasteiger partial charge in [0.05, 0.1) is 4.92 Å². The molecule has 0 saturated heterocycles. The number of rotatable bonds is 4. The van der Waals surface area contributed by atoms with Crippen molar-refractivity contribution >= 4 is 11.4 Å². The lowest BCUT2D eigenvalue weighted by Gasteiger charge is -2.07. The minimum atomic E-state index is -0.518. The molecule has 5 heteroatoms. The Morgan fingerprint density at radius 3 is 2.50 bits per heavy atom. The van der Waals surface area contributed by atoms with Gasteiger partial charge in [0, 0.05) is 12.1 Å². The van der Waals surface area contributed by atoms with Crippen LogP contribution in [-0.4, -0.2) is 4.92 Å². The highest BCUT2D eigenvalue weighted by molar-refractivity contribution is 5.60. The summed E-state index contributed by atoms with van der Waals surface area (Å²) in [7, 11) is 0. The Hall–Kier alpha value is -2.56. The van der Waals surface area contributed by atoms with Gasteiger partial charge in [-0.05, 0) is 11.6 Å². The van der Waals surface area contributed by atoms with Gasteiger partial charge in [-0.3, -0.25) is 10.1 Å². The zero-order valence-electron chi connectivity index (χ0n) is 9.58. The molecule has 2 aromatic rings. The number of nitro groups is 1. The van der Waals surface area contributed by atoms with E-state index in [2.05, 4.69) is 0 Å². The second kappa shape index (κ2) is 5.18. The SMILES string of the molecule is Nc1cc(OCc2ccccc2)ccc1[N+](=O)[O-]. The van der Waals surface area contributed by atoms with Crippen molar-refractivity contribution in [2.45, 2.75) is 6.61 Å². The van der Waals surface area contributed by atoms with Crippen molar-refractivity contribution in [1.29, 1.82) is 0 Å². The summed E-state index contributed by atoms with van der Waals surface area (Å²) in [5.41, 5.74) is 6.59. The lowest BCUT2D eigenvalue weighted by Crippen LogP contribution is -1.98. The number of nitrogens with zero attached hydrogens (tertiary/aromatic N) is 1. The van der Waals surface area contributed by atoms with Gasteiger partial charge in [-0.2, -0.15) is 0 Å². The molecule has 0 bridgehead atoms. The fraction of sp³-hybridized carbons (Fsp3) is 0.0769. The van der Waals surface area contributed by atoms with Crippen LogP contribution < -0.4 is 10.5 Å². The van der Waals surface area contributed by atoms with Crippen LogP contribution in [0.3, 0.4) is 0 Å². The molecule has 0 saturated carbocycles. The maximum absolute atomic E-state index is 10.6. The third-order valence-electron chi connectivity index (χ3n) is 2.44. The summed E-state index contributed by atoms with van der Waals surface area (Å²) >= 11 is 0. The van der Waals surface area contributed by atoms with Crippen LogP contribution in [0.25, 0.3) is 0 Å². The molecule has 0 amide bonds. The summed E-state index contributed by atoms with van der Waals surface area (Å²) < 4.78 is 5.51. The summed E-state index contributed by atoms with van der Waals surface area (Å²) in [6, 6.07) is 14.0. The van der Waals surface area contributed by atoms with Crippen molar-refractivity contribution in [3.8, 4) is 5.75 Å². The number of hydrogen-bond donors (Lipinski definition) is 1. The van der Waals surface area contributed by atoms with Crippen molar-refractivity contribution in [1.82, 2.24) is 0 Å². The lowest BCUT2D eigenvalue weighted by molar-refractivity contribution is -0.383. The van der Waals surface area contributed by atoms with Crippen molar-refractivity contribution in [2.24, 2.45) is 0 Å². The summed E-state index contributed by atoms with van der Waals surface area (Å²) in [6.07, 6.45) is 0. The summed E-state index contributed by atoms with van der Waals surface area (Å²) in [6.45, 7) is 0.401. The molecule has 2 N–H and O–H groups in total. The Balaban J connectivity index is 2.07. The molecule has 92 valence electrons. The van der Waals surface area contributed by atoms with Crippen LogP contribution in [0.15, 0.2) is 48.5 Å². The smallest absolute Gasteiger partial charge is 0.292 e. The molecule has 0 spiro atoms. The van der Waals surface area contributed by atoms with E-state index >= 15 is 0 Å². The topological polar surface area (TPSA) is 78.4 Å². The van der Waals surface area contributed by atoms with Crippen LogP contribution in [0.1, 0.15) is 5.56 Å². The minimum Gasteiger partial charge on any atom is -0.489 e. The second-order valence-electron chi connectivity index (χ2n) is 3.75. The van der Waals surface area contributed by atoms with Gasteiger partial charge < -0.3 is 10.5 Å². The Kier molecular flexibility index (Phi) is 3.43. The third-order valence-corrected chi connectivity index (χ3v) is 2.44. The van der Waals surface area contributed by atoms with E-state index in [0.717, 1.165) is 5.56 Å². The molecule has 18 heavy (non-hydrogen) atoms. The van der Waals surface area contributed by atoms with E-state index in [1.54, 1.807) is 0 Å². The first-order valence-corrected chi connectivity index (χ1v) is 5.37. The monoisotopic (exact) mass is 244 g/mol. The van der Waals surface area contributed by atoms with Gasteiger partial charge >= 0.3 is 0 Å². The number of nitrogen functional groups attached to an aromatic ring is 1. The Morgan fingerprint density at radius 1 is 1.17 bits per heavy atom. The van der Waals surface area contributed by atoms with Crippen LogP contribution in [0.5, 0.6) is 5.75 Å². The number of hydrogen-bond acceptors (Lipinski definition) is 4. The van der Waals surface area contributed by atoms with E-state index in [0.29, 0.717) is 12.4 Å². The molecule has 0 fully saturated rings. The number of anilines is 1. The largest absolute Gasteiger partial charge is 0.489 e. The molecular weight excluding hydrogens is 232 g/mol. The first-order valence-electron chi connectivity index (χ1n) is 5.37. The van der Waals surface area contributed by atoms with E-state index in [1.807, 2.05) is 30.3 Å². The first kappa shape index (κ1) is 11.9. The van der Waals surface area contributed by atoms with Crippen molar-refractivity contribution in [3.63, 3.8) is 0 Å². The first-order chi connectivity index (χ1) is 8.66. The van der Waals surface area contributed by atoms with Crippen molar-refractivity contribution < 1.29 is 9.66 Å². The van der Waals surface area contributed by atoms with Crippen molar-refractivity contribution in [3.05, 3.63) is 64.2 Å². The average Bonchev–Trinajstić information content (AvgIpc) is 2.37. The van der Waals surface area contributed by atoms with Crippen LogP contribution in [-0.2, 0) is 6.61 Å². The highest BCUT2D eigenvalue weighted by Crippen LogP contribution is 2.26. The van der Waals surface area contributed by atoms with Crippen molar-refractivity contribution in [2.75, 3.05) is 5.73 Å². The van der Waals surface area contributed by atoms with E-state index < -0.39 is 4.92 Å². The molecule has 2 rings (SSSR count). The van der Waals surface area contributed by atoms with E-state index in [4.69, 9.17) is 10.5 Å². The predicted molar refractivity (Wildman–Crippen MR) is 68.3 cm³/mol. The van der Waals surface area contributed by atoms with Gasteiger partial charge in [-0.15, -0.1) is 0 Å².